The van der Waals surface area contributed by atoms with Gasteiger partial charge in [-0.2, -0.15) is 0 Å². The van der Waals surface area contributed by atoms with E-state index in [4.69, 9.17) is 12.2 Å². The van der Waals surface area contributed by atoms with Crippen molar-refractivity contribution in [3.8, 4) is 5.88 Å². The maximum Gasteiger partial charge on any atom is 0.210 e. The van der Waals surface area contributed by atoms with Gasteiger partial charge in [-0.3, -0.25) is 9.36 Å². The van der Waals surface area contributed by atoms with Gasteiger partial charge in [0.05, 0.1) is 4.88 Å². The molecule has 1 atom stereocenters. The van der Waals surface area contributed by atoms with Crippen molar-refractivity contribution < 1.29 is 15.0 Å². The number of hydrogen-bond acceptors (Lipinski definition) is 5. The third-order valence-corrected chi connectivity index (χ3v) is 5.35. The van der Waals surface area contributed by atoms with E-state index < -0.39 is 5.60 Å². The molecule has 0 bridgehead atoms. The lowest BCUT2D eigenvalue weighted by Gasteiger charge is -2.27. The van der Waals surface area contributed by atoms with Crippen molar-refractivity contribution in [3.63, 3.8) is 0 Å². The first-order chi connectivity index (χ1) is 11.3. The number of aliphatic hydroxyl groups is 1. The van der Waals surface area contributed by atoms with E-state index in [1.165, 1.54) is 29.6 Å². The first-order valence-corrected chi connectivity index (χ1v) is 9.00. The Kier molecular flexibility index (Phi) is 5.74. The van der Waals surface area contributed by atoms with Crippen LogP contribution in [-0.4, -0.2) is 26.2 Å². The highest BCUT2D eigenvalue weighted by Gasteiger charge is 2.28. The molecule has 128 valence electrons. The van der Waals surface area contributed by atoms with Crippen LogP contribution in [0.1, 0.15) is 32.1 Å². The molecule has 0 saturated carbocycles. The molecule has 24 heavy (non-hydrogen) atoms. The topological polar surface area (TPSA) is 62.5 Å². The molecular formula is C18H21NO3S2. The van der Waals surface area contributed by atoms with Crippen LogP contribution in [0.4, 0.5) is 0 Å². The minimum absolute atomic E-state index is 0.133. The van der Waals surface area contributed by atoms with E-state index in [0.717, 1.165) is 5.57 Å². The molecule has 1 aliphatic carbocycles. The number of allylic oxidation sites excluding steroid dienone is 4. The molecule has 6 heteroatoms. The second kappa shape index (κ2) is 7.42. The van der Waals surface area contributed by atoms with Crippen LogP contribution in [0, 0.1) is 3.95 Å². The Morgan fingerprint density at radius 2 is 2.17 bits per heavy atom. The van der Waals surface area contributed by atoms with Gasteiger partial charge in [-0.25, -0.2) is 0 Å². The Balaban J connectivity index is 2.29. The van der Waals surface area contributed by atoms with Crippen molar-refractivity contribution in [3.05, 3.63) is 50.4 Å². The van der Waals surface area contributed by atoms with Crippen LogP contribution in [0.15, 0.2) is 41.5 Å². The molecule has 2 rings (SSSR count). The quantitative estimate of drug-likeness (QED) is 0.609. The van der Waals surface area contributed by atoms with Crippen LogP contribution in [0.5, 0.6) is 5.88 Å². The van der Waals surface area contributed by atoms with E-state index in [1.807, 2.05) is 26.8 Å². The Hall–Kier alpha value is -1.76. The number of aromatic hydroxyl groups is 1. The number of aromatic nitrogens is 1. The summed E-state index contributed by atoms with van der Waals surface area (Å²) in [4.78, 5) is 12.3. The van der Waals surface area contributed by atoms with Gasteiger partial charge < -0.3 is 10.2 Å². The first kappa shape index (κ1) is 18.6. The highest BCUT2D eigenvalue weighted by Crippen LogP contribution is 2.30. The predicted molar refractivity (Wildman–Crippen MR) is 101 cm³/mol. The second-order valence-electron chi connectivity index (χ2n) is 5.63. The Bertz CT molecular complexity index is 824. The van der Waals surface area contributed by atoms with E-state index in [-0.39, 0.29) is 11.7 Å². The zero-order valence-corrected chi connectivity index (χ0v) is 15.6. The molecule has 0 aliphatic heterocycles. The first-order valence-electron chi connectivity index (χ1n) is 7.77. The molecule has 4 nitrogen and oxygen atoms in total. The van der Waals surface area contributed by atoms with E-state index in [0.29, 0.717) is 27.4 Å². The predicted octanol–water partition coefficient (Wildman–Crippen LogP) is 4.17. The monoisotopic (exact) mass is 363 g/mol. The highest BCUT2D eigenvalue weighted by atomic mass is 32.1. The molecule has 1 aromatic heterocycles. The maximum absolute atomic E-state index is 11.6. The molecule has 1 heterocycles. The van der Waals surface area contributed by atoms with Crippen molar-refractivity contribution in [2.75, 3.05) is 0 Å². The molecule has 1 aromatic rings. The van der Waals surface area contributed by atoms with Crippen molar-refractivity contribution in [2.45, 2.75) is 39.3 Å². The van der Waals surface area contributed by atoms with E-state index in [2.05, 4.69) is 0 Å². The third kappa shape index (κ3) is 3.83. The van der Waals surface area contributed by atoms with Crippen molar-refractivity contribution in [2.24, 2.45) is 0 Å². The molecule has 0 radical (unpaired) electrons. The minimum atomic E-state index is -1.12. The molecule has 0 aromatic carbocycles. The zero-order chi connectivity index (χ0) is 17.9. The fraction of sp³-hybridized carbons (Fsp3) is 0.333. The number of carbonyl (C=O) groups excluding carboxylic acids is 1. The fourth-order valence-corrected chi connectivity index (χ4v) is 3.77. The molecule has 1 unspecified atom stereocenters. The average Bonchev–Trinajstić information content (AvgIpc) is 2.82. The van der Waals surface area contributed by atoms with Crippen LogP contribution in [0.25, 0.3) is 6.08 Å². The fourth-order valence-electron chi connectivity index (χ4n) is 2.43. The Labute approximate surface area is 150 Å². The van der Waals surface area contributed by atoms with Gasteiger partial charge in [0.1, 0.15) is 5.60 Å². The summed E-state index contributed by atoms with van der Waals surface area (Å²) in [5.74, 6) is 0.0309. The van der Waals surface area contributed by atoms with Crippen LogP contribution >= 0.6 is 23.6 Å². The summed E-state index contributed by atoms with van der Waals surface area (Å²) in [7, 11) is 0. The van der Waals surface area contributed by atoms with Crippen molar-refractivity contribution in [1.82, 2.24) is 4.57 Å². The number of rotatable bonds is 5. The largest absolute Gasteiger partial charge is 0.493 e. The van der Waals surface area contributed by atoms with E-state index in [1.54, 1.807) is 16.7 Å². The van der Waals surface area contributed by atoms with Gasteiger partial charge in [0.25, 0.3) is 0 Å². The molecule has 2 N–H and O–H groups in total. The minimum Gasteiger partial charge on any atom is -0.493 e. The lowest BCUT2D eigenvalue weighted by molar-refractivity contribution is -0.110. The highest BCUT2D eigenvalue weighted by molar-refractivity contribution is 7.73. The zero-order valence-electron chi connectivity index (χ0n) is 13.9. The summed E-state index contributed by atoms with van der Waals surface area (Å²) in [5.41, 5.74) is 0.313. The number of ketones is 1. The van der Waals surface area contributed by atoms with E-state index in [9.17, 15) is 15.0 Å². The molecule has 1 aliphatic rings. The normalized spacial score (nSPS) is 21.6. The van der Waals surface area contributed by atoms with Crippen molar-refractivity contribution in [1.29, 1.82) is 0 Å². The molecular weight excluding hydrogens is 342 g/mol. The molecule has 0 saturated heterocycles. The SMILES string of the molecule is CCn1c(O)c(C=CC(C)=CC2=CC(=O)C=CC2(O)CC)sc1=S. The molecule has 0 fully saturated rings. The van der Waals surface area contributed by atoms with Crippen LogP contribution in [0.3, 0.4) is 0 Å². The van der Waals surface area contributed by atoms with Gasteiger partial charge >= 0.3 is 0 Å². The number of carbonyl (C=O) groups is 1. The number of nitrogens with zero attached hydrogens (tertiary/aromatic N) is 1. The smallest absolute Gasteiger partial charge is 0.210 e. The van der Waals surface area contributed by atoms with Crippen molar-refractivity contribution >= 4 is 35.4 Å². The summed E-state index contributed by atoms with van der Waals surface area (Å²) in [5, 5.41) is 20.7. The second-order valence-corrected chi connectivity index (χ2v) is 7.31. The lowest BCUT2D eigenvalue weighted by atomic mass is 9.85. The third-order valence-electron chi connectivity index (χ3n) is 3.95. The summed E-state index contributed by atoms with van der Waals surface area (Å²) >= 11 is 6.56. The number of thiazole rings is 1. The van der Waals surface area contributed by atoms with E-state index >= 15 is 0 Å². The Morgan fingerprint density at radius 3 is 2.75 bits per heavy atom. The van der Waals surface area contributed by atoms with Gasteiger partial charge in [-0.15, -0.1) is 11.3 Å². The summed E-state index contributed by atoms with van der Waals surface area (Å²) in [6.07, 6.45) is 10.3. The van der Waals surface area contributed by atoms with Gasteiger partial charge in [0.15, 0.2) is 9.74 Å². The summed E-state index contributed by atoms with van der Waals surface area (Å²) in [6, 6.07) is 0. The van der Waals surface area contributed by atoms with Crippen LogP contribution < -0.4 is 0 Å². The lowest BCUT2D eigenvalue weighted by Crippen LogP contribution is -2.30. The van der Waals surface area contributed by atoms with Gasteiger partial charge in [0.2, 0.25) is 5.88 Å². The average molecular weight is 364 g/mol. The van der Waals surface area contributed by atoms with Gasteiger partial charge in [-0.05, 0) is 62.4 Å². The Morgan fingerprint density at radius 1 is 1.46 bits per heavy atom. The van der Waals surface area contributed by atoms with Crippen LogP contribution in [-0.2, 0) is 11.3 Å². The van der Waals surface area contributed by atoms with Gasteiger partial charge in [-0.1, -0.05) is 24.6 Å². The summed E-state index contributed by atoms with van der Waals surface area (Å²) < 4.78 is 2.30. The molecule has 0 amide bonds. The van der Waals surface area contributed by atoms with Gasteiger partial charge in [0, 0.05) is 6.54 Å². The standard InChI is InChI=1S/C18H21NO3S2/c1-4-18(22)9-8-14(20)11-13(18)10-12(3)6-7-15-16(21)19(5-2)17(23)24-15/h6-11,21-22H,4-5H2,1-3H3. The number of hydrogen-bond donors (Lipinski definition) is 2. The van der Waals surface area contributed by atoms with Crippen LogP contribution in [0.2, 0.25) is 0 Å². The summed E-state index contributed by atoms with van der Waals surface area (Å²) in [6.45, 7) is 6.29. The maximum atomic E-state index is 11.6. The molecule has 0 spiro atoms.